The summed E-state index contributed by atoms with van der Waals surface area (Å²) in [4.78, 5) is 8.13. The molecule has 0 saturated heterocycles. The van der Waals surface area contributed by atoms with Gasteiger partial charge in [-0.15, -0.1) is 0 Å². The third kappa shape index (κ3) is 2.56. The Morgan fingerprint density at radius 3 is 2.79 bits per heavy atom. The molecule has 0 bridgehead atoms. The molecule has 1 aromatic heterocycles. The van der Waals surface area contributed by atoms with Crippen LogP contribution in [0.2, 0.25) is 0 Å². The van der Waals surface area contributed by atoms with E-state index in [1.165, 1.54) is 0 Å². The summed E-state index contributed by atoms with van der Waals surface area (Å²) < 4.78 is 0. The van der Waals surface area contributed by atoms with E-state index in [4.69, 9.17) is 11.5 Å². The number of hydrogen-bond donors (Lipinski definition) is 3. The first kappa shape index (κ1) is 10.7. The Bertz CT molecular complexity index is 297. The second-order valence-corrected chi connectivity index (χ2v) is 3.40. The lowest BCUT2D eigenvalue weighted by molar-refractivity contribution is 0.816. The van der Waals surface area contributed by atoms with Crippen molar-refractivity contribution in [3.05, 3.63) is 11.9 Å². The van der Waals surface area contributed by atoms with Gasteiger partial charge in [0, 0.05) is 13.1 Å². The first-order valence-corrected chi connectivity index (χ1v) is 4.71. The zero-order valence-electron chi connectivity index (χ0n) is 8.62. The van der Waals surface area contributed by atoms with Crippen LogP contribution in [0.5, 0.6) is 0 Å². The fraction of sp³-hybridized carbons (Fsp3) is 0.556. The highest BCUT2D eigenvalue weighted by molar-refractivity contribution is 5.49. The molecule has 78 valence electrons. The maximum absolute atomic E-state index is 5.52. The van der Waals surface area contributed by atoms with Crippen LogP contribution >= 0.6 is 0 Å². The molecule has 0 spiro atoms. The van der Waals surface area contributed by atoms with Crippen molar-refractivity contribution in [1.29, 1.82) is 0 Å². The lowest BCUT2D eigenvalue weighted by atomic mass is 10.1. The zero-order chi connectivity index (χ0) is 10.6. The van der Waals surface area contributed by atoms with Gasteiger partial charge in [-0.1, -0.05) is 13.8 Å². The summed E-state index contributed by atoms with van der Waals surface area (Å²) in [5.41, 5.74) is 12.8. The van der Waals surface area contributed by atoms with E-state index in [-0.39, 0.29) is 0 Å². The third-order valence-corrected chi connectivity index (χ3v) is 1.84. The second kappa shape index (κ2) is 4.76. The minimum atomic E-state index is 0.312. The van der Waals surface area contributed by atoms with Gasteiger partial charge in [-0.2, -0.15) is 0 Å². The lowest BCUT2D eigenvalue weighted by Gasteiger charge is -2.12. The summed E-state index contributed by atoms with van der Waals surface area (Å²) in [7, 11) is 0. The minimum absolute atomic E-state index is 0.312. The molecule has 1 heterocycles. The quantitative estimate of drug-likeness (QED) is 0.653. The van der Waals surface area contributed by atoms with Gasteiger partial charge in [0.15, 0.2) is 0 Å². The molecule has 0 saturated carbocycles. The Hall–Kier alpha value is -1.36. The monoisotopic (exact) mass is 195 g/mol. The number of nitrogens with zero attached hydrogens (tertiary/aromatic N) is 2. The Balaban J connectivity index is 2.90. The predicted molar refractivity (Wildman–Crippen MR) is 58.1 cm³/mol. The standard InChI is InChI=1S/C9H17N5/c1-6(2)8-7(12-4-3-10)5-13-9(11)14-8/h5-6,12H,3-4,10H2,1-2H3,(H2,11,13,14). The van der Waals surface area contributed by atoms with Crippen LogP contribution in [0.25, 0.3) is 0 Å². The number of rotatable bonds is 4. The molecular formula is C9H17N5. The van der Waals surface area contributed by atoms with E-state index in [0.29, 0.717) is 25.0 Å². The molecule has 0 aromatic carbocycles. The molecule has 0 aliphatic heterocycles. The molecule has 0 unspecified atom stereocenters. The van der Waals surface area contributed by atoms with Gasteiger partial charge in [0.05, 0.1) is 17.6 Å². The van der Waals surface area contributed by atoms with Crippen LogP contribution in [0.3, 0.4) is 0 Å². The molecule has 14 heavy (non-hydrogen) atoms. The van der Waals surface area contributed by atoms with Crippen LogP contribution in [-0.4, -0.2) is 23.1 Å². The van der Waals surface area contributed by atoms with Crippen molar-refractivity contribution < 1.29 is 0 Å². The van der Waals surface area contributed by atoms with Gasteiger partial charge < -0.3 is 16.8 Å². The third-order valence-electron chi connectivity index (χ3n) is 1.84. The fourth-order valence-electron chi connectivity index (χ4n) is 1.19. The van der Waals surface area contributed by atoms with Crippen molar-refractivity contribution in [3.8, 4) is 0 Å². The molecule has 5 nitrogen and oxygen atoms in total. The molecule has 0 radical (unpaired) electrons. The number of nitrogen functional groups attached to an aromatic ring is 1. The summed E-state index contributed by atoms with van der Waals surface area (Å²) in [6.45, 7) is 5.43. The molecule has 0 amide bonds. The molecule has 0 atom stereocenters. The molecule has 1 aromatic rings. The summed E-state index contributed by atoms with van der Waals surface area (Å²) in [6, 6.07) is 0. The van der Waals surface area contributed by atoms with Gasteiger partial charge in [-0.3, -0.25) is 0 Å². The van der Waals surface area contributed by atoms with Crippen LogP contribution < -0.4 is 16.8 Å². The zero-order valence-corrected chi connectivity index (χ0v) is 8.62. The van der Waals surface area contributed by atoms with E-state index in [9.17, 15) is 0 Å². The lowest BCUT2D eigenvalue weighted by Crippen LogP contribution is -2.15. The van der Waals surface area contributed by atoms with Gasteiger partial charge in [0.2, 0.25) is 5.95 Å². The first-order chi connectivity index (χ1) is 6.65. The van der Waals surface area contributed by atoms with E-state index in [1.807, 2.05) is 0 Å². The van der Waals surface area contributed by atoms with Crippen molar-refractivity contribution in [3.63, 3.8) is 0 Å². The van der Waals surface area contributed by atoms with Gasteiger partial charge in [0.25, 0.3) is 0 Å². The first-order valence-electron chi connectivity index (χ1n) is 4.71. The number of hydrogen-bond acceptors (Lipinski definition) is 5. The molecule has 0 aliphatic rings. The summed E-state index contributed by atoms with van der Waals surface area (Å²) in [5.74, 6) is 0.632. The second-order valence-electron chi connectivity index (χ2n) is 3.40. The highest BCUT2D eigenvalue weighted by atomic mass is 15.0. The molecule has 1 rings (SSSR count). The molecule has 0 fully saturated rings. The number of nitrogens with one attached hydrogen (secondary N) is 1. The van der Waals surface area contributed by atoms with Crippen molar-refractivity contribution in [1.82, 2.24) is 9.97 Å². The predicted octanol–water partition coefficient (Wildman–Crippen LogP) is 0.553. The van der Waals surface area contributed by atoms with E-state index < -0.39 is 0 Å². The largest absolute Gasteiger partial charge is 0.381 e. The number of aromatic nitrogens is 2. The molecule has 0 aliphatic carbocycles. The Kier molecular flexibility index (Phi) is 3.64. The highest BCUT2D eigenvalue weighted by Gasteiger charge is 2.08. The topological polar surface area (TPSA) is 89.8 Å². The van der Waals surface area contributed by atoms with Crippen molar-refractivity contribution in [2.45, 2.75) is 19.8 Å². The van der Waals surface area contributed by atoms with E-state index in [0.717, 1.165) is 11.4 Å². The van der Waals surface area contributed by atoms with Gasteiger partial charge in [-0.05, 0) is 5.92 Å². The average Bonchev–Trinajstić information content (AvgIpc) is 2.15. The van der Waals surface area contributed by atoms with Crippen LogP contribution in [0.1, 0.15) is 25.5 Å². The van der Waals surface area contributed by atoms with Crippen LogP contribution in [0.15, 0.2) is 6.20 Å². The van der Waals surface area contributed by atoms with Crippen molar-refractivity contribution in [2.75, 3.05) is 24.1 Å². The van der Waals surface area contributed by atoms with E-state index in [2.05, 4.69) is 29.1 Å². The number of nitrogens with two attached hydrogens (primary N) is 2. The maximum atomic E-state index is 5.52. The Morgan fingerprint density at radius 2 is 2.21 bits per heavy atom. The van der Waals surface area contributed by atoms with E-state index >= 15 is 0 Å². The molecule has 5 heteroatoms. The highest BCUT2D eigenvalue weighted by Crippen LogP contribution is 2.21. The van der Waals surface area contributed by atoms with Crippen LogP contribution in [0, 0.1) is 0 Å². The SMILES string of the molecule is CC(C)c1nc(N)ncc1NCCN. The van der Waals surface area contributed by atoms with Crippen LogP contribution in [-0.2, 0) is 0 Å². The number of anilines is 2. The summed E-state index contributed by atoms with van der Waals surface area (Å²) in [6.07, 6.45) is 1.70. The van der Waals surface area contributed by atoms with E-state index in [1.54, 1.807) is 6.20 Å². The van der Waals surface area contributed by atoms with Crippen LogP contribution in [0.4, 0.5) is 11.6 Å². The smallest absolute Gasteiger partial charge is 0.220 e. The van der Waals surface area contributed by atoms with Gasteiger partial charge >= 0.3 is 0 Å². The molecule has 5 N–H and O–H groups in total. The van der Waals surface area contributed by atoms with Crippen molar-refractivity contribution >= 4 is 11.6 Å². The van der Waals surface area contributed by atoms with Gasteiger partial charge in [0.1, 0.15) is 0 Å². The normalized spacial score (nSPS) is 10.6. The average molecular weight is 195 g/mol. The fourth-order valence-corrected chi connectivity index (χ4v) is 1.19. The van der Waals surface area contributed by atoms with Gasteiger partial charge in [-0.25, -0.2) is 9.97 Å². The van der Waals surface area contributed by atoms with Crippen molar-refractivity contribution in [2.24, 2.45) is 5.73 Å². The Morgan fingerprint density at radius 1 is 1.50 bits per heavy atom. The summed E-state index contributed by atoms with van der Waals surface area (Å²) in [5, 5.41) is 3.17. The maximum Gasteiger partial charge on any atom is 0.220 e. The Labute approximate surface area is 83.9 Å². The summed E-state index contributed by atoms with van der Waals surface area (Å²) >= 11 is 0. The minimum Gasteiger partial charge on any atom is -0.381 e. The molecular weight excluding hydrogens is 178 g/mol.